The van der Waals surface area contributed by atoms with E-state index in [9.17, 15) is 17.6 Å². The SMILES string of the molecule is C=C(CCC(=C)c1ccc2c(c1)SC(F)(F)C(F)(F)C2)C1=CC=CC1. The number of benzene rings is 1. The maximum Gasteiger partial charge on any atom is 0.360 e. The molecule has 0 fully saturated rings. The molecule has 3 rings (SSSR count). The molecule has 1 aromatic carbocycles. The van der Waals surface area contributed by atoms with Crippen LogP contribution in [-0.4, -0.2) is 11.2 Å². The standard InChI is InChI=1S/C20H18F4S/c1-13(15-5-3-4-6-15)7-8-14(2)16-9-10-17-12-19(21,22)20(23,24)25-18(17)11-16/h3-5,9-11H,1-2,6-8,12H2. The van der Waals surface area contributed by atoms with E-state index in [2.05, 4.69) is 19.2 Å². The Morgan fingerprint density at radius 2 is 1.80 bits per heavy atom. The number of thioether (sulfide) groups is 1. The quantitative estimate of drug-likeness (QED) is 0.517. The van der Waals surface area contributed by atoms with Crippen molar-refractivity contribution in [2.24, 2.45) is 0 Å². The molecule has 132 valence electrons. The summed E-state index contributed by atoms with van der Waals surface area (Å²) < 4.78 is 54.1. The van der Waals surface area contributed by atoms with Crippen molar-refractivity contribution in [3.05, 3.63) is 71.9 Å². The van der Waals surface area contributed by atoms with Crippen LogP contribution in [0.2, 0.25) is 0 Å². The van der Waals surface area contributed by atoms with E-state index < -0.39 is 17.6 Å². The number of fused-ring (bicyclic) bond motifs is 1. The Labute approximate surface area is 149 Å². The van der Waals surface area contributed by atoms with Crippen molar-refractivity contribution in [2.75, 3.05) is 0 Å². The zero-order valence-corrected chi connectivity index (χ0v) is 14.4. The van der Waals surface area contributed by atoms with Crippen LogP contribution in [0.4, 0.5) is 17.6 Å². The van der Waals surface area contributed by atoms with Gasteiger partial charge in [0.05, 0.1) is 0 Å². The van der Waals surface area contributed by atoms with Crippen molar-refractivity contribution in [1.82, 2.24) is 0 Å². The Kier molecular flexibility index (Phi) is 4.71. The number of hydrogen-bond acceptors (Lipinski definition) is 1. The molecule has 0 aromatic heterocycles. The largest absolute Gasteiger partial charge is 0.360 e. The molecule has 0 bridgehead atoms. The van der Waals surface area contributed by atoms with E-state index in [1.165, 1.54) is 11.6 Å². The first-order chi connectivity index (χ1) is 11.7. The molecule has 0 atom stereocenters. The summed E-state index contributed by atoms with van der Waals surface area (Å²) >= 11 is -0.0619. The smallest absolute Gasteiger partial charge is 0.198 e. The molecule has 25 heavy (non-hydrogen) atoms. The Morgan fingerprint density at radius 3 is 2.48 bits per heavy atom. The Morgan fingerprint density at radius 1 is 1.08 bits per heavy atom. The van der Waals surface area contributed by atoms with E-state index in [0.717, 1.165) is 24.0 Å². The molecular weight excluding hydrogens is 348 g/mol. The van der Waals surface area contributed by atoms with Gasteiger partial charge in [0.1, 0.15) is 0 Å². The molecule has 0 unspecified atom stereocenters. The molecule has 5 heteroatoms. The number of alkyl halides is 4. The lowest BCUT2D eigenvalue weighted by atomic mass is 9.95. The first kappa shape index (κ1) is 18.1. The van der Waals surface area contributed by atoms with Gasteiger partial charge in [0.25, 0.3) is 0 Å². The first-order valence-corrected chi connectivity index (χ1v) is 8.81. The van der Waals surface area contributed by atoms with Crippen LogP contribution in [0.15, 0.2) is 65.6 Å². The summed E-state index contributed by atoms with van der Waals surface area (Å²) in [5.41, 5.74) is 3.97. The van der Waals surface area contributed by atoms with Crippen LogP contribution in [-0.2, 0) is 6.42 Å². The van der Waals surface area contributed by atoms with Crippen LogP contribution in [0.3, 0.4) is 0 Å². The van der Waals surface area contributed by atoms with Crippen LogP contribution in [0.25, 0.3) is 5.57 Å². The molecule has 0 saturated carbocycles. The molecule has 0 spiro atoms. The van der Waals surface area contributed by atoms with Crippen molar-refractivity contribution in [3.8, 4) is 0 Å². The second kappa shape index (κ2) is 6.52. The molecule has 1 aliphatic heterocycles. The maximum atomic E-state index is 13.6. The summed E-state index contributed by atoms with van der Waals surface area (Å²) in [6.45, 7) is 8.09. The minimum absolute atomic E-state index is 0.0619. The van der Waals surface area contributed by atoms with Crippen molar-refractivity contribution in [2.45, 2.75) is 41.8 Å². The van der Waals surface area contributed by atoms with Gasteiger partial charge in [-0.15, -0.1) is 0 Å². The second-order valence-corrected chi connectivity index (χ2v) is 7.51. The van der Waals surface area contributed by atoms with E-state index in [4.69, 9.17) is 0 Å². The fourth-order valence-electron chi connectivity index (χ4n) is 2.89. The summed E-state index contributed by atoms with van der Waals surface area (Å²) in [5.74, 6) is -4.02. The fraction of sp³-hybridized carbons (Fsp3) is 0.300. The summed E-state index contributed by atoms with van der Waals surface area (Å²) in [5, 5.41) is -4.09. The van der Waals surface area contributed by atoms with Crippen molar-refractivity contribution in [3.63, 3.8) is 0 Å². The van der Waals surface area contributed by atoms with Gasteiger partial charge in [-0.25, -0.2) is 0 Å². The number of halogens is 4. The summed E-state index contributed by atoms with van der Waals surface area (Å²) in [7, 11) is 0. The number of rotatable bonds is 5. The van der Waals surface area contributed by atoms with Gasteiger partial charge in [0, 0.05) is 11.3 Å². The van der Waals surface area contributed by atoms with E-state index in [1.807, 2.05) is 12.2 Å². The third kappa shape index (κ3) is 3.61. The summed E-state index contributed by atoms with van der Waals surface area (Å²) in [6.07, 6.45) is 7.40. The molecule has 2 aliphatic rings. The zero-order chi connectivity index (χ0) is 18.2. The highest BCUT2D eigenvalue weighted by Gasteiger charge is 2.59. The molecular formula is C20H18F4S. The third-order valence-corrected chi connectivity index (χ3v) is 5.66. The van der Waals surface area contributed by atoms with E-state index in [0.29, 0.717) is 12.0 Å². The lowest BCUT2D eigenvalue weighted by Crippen LogP contribution is -2.42. The van der Waals surface area contributed by atoms with Crippen molar-refractivity contribution < 1.29 is 17.6 Å². The average molecular weight is 366 g/mol. The Balaban J connectivity index is 1.70. The molecule has 0 saturated heterocycles. The average Bonchev–Trinajstić information content (AvgIpc) is 3.07. The van der Waals surface area contributed by atoms with Crippen LogP contribution in [0.5, 0.6) is 0 Å². The monoisotopic (exact) mass is 366 g/mol. The molecule has 0 nitrogen and oxygen atoms in total. The molecule has 0 amide bonds. The third-order valence-electron chi connectivity index (χ3n) is 4.51. The van der Waals surface area contributed by atoms with Crippen molar-refractivity contribution >= 4 is 17.3 Å². The highest BCUT2D eigenvalue weighted by Crippen LogP contribution is 2.53. The van der Waals surface area contributed by atoms with Gasteiger partial charge < -0.3 is 0 Å². The zero-order valence-electron chi connectivity index (χ0n) is 13.6. The lowest BCUT2D eigenvalue weighted by molar-refractivity contribution is -0.153. The molecule has 1 aliphatic carbocycles. The van der Waals surface area contributed by atoms with Gasteiger partial charge in [-0.1, -0.05) is 49.1 Å². The van der Waals surface area contributed by atoms with Gasteiger partial charge >= 0.3 is 11.2 Å². The highest BCUT2D eigenvalue weighted by molar-refractivity contribution is 8.00. The fourth-order valence-corrected chi connectivity index (χ4v) is 3.84. The predicted molar refractivity (Wildman–Crippen MR) is 95.1 cm³/mol. The van der Waals surface area contributed by atoms with Gasteiger partial charge in [-0.05, 0) is 59.4 Å². The van der Waals surface area contributed by atoms with Gasteiger partial charge in [-0.2, -0.15) is 17.6 Å². The van der Waals surface area contributed by atoms with Gasteiger partial charge in [0.2, 0.25) is 0 Å². The number of allylic oxidation sites excluding steroid dienone is 6. The first-order valence-electron chi connectivity index (χ1n) is 7.99. The van der Waals surface area contributed by atoms with Crippen LogP contribution >= 0.6 is 11.8 Å². The molecule has 0 radical (unpaired) electrons. The topological polar surface area (TPSA) is 0 Å². The Hall–Kier alpha value is -1.75. The lowest BCUT2D eigenvalue weighted by Gasteiger charge is -2.31. The van der Waals surface area contributed by atoms with Gasteiger partial charge in [-0.3, -0.25) is 0 Å². The van der Waals surface area contributed by atoms with Crippen molar-refractivity contribution in [1.29, 1.82) is 0 Å². The number of hydrogen-bond donors (Lipinski definition) is 0. The minimum atomic E-state index is -4.09. The molecule has 1 heterocycles. The minimum Gasteiger partial charge on any atom is -0.198 e. The highest BCUT2D eigenvalue weighted by atomic mass is 32.2. The van der Waals surface area contributed by atoms with Crippen LogP contribution in [0, 0.1) is 0 Å². The van der Waals surface area contributed by atoms with E-state index >= 15 is 0 Å². The second-order valence-electron chi connectivity index (χ2n) is 6.35. The maximum absolute atomic E-state index is 13.6. The normalized spacial score (nSPS) is 20.1. The Bertz CT molecular complexity index is 787. The predicted octanol–water partition coefficient (Wildman–Crippen LogP) is 6.80. The summed E-state index contributed by atoms with van der Waals surface area (Å²) in [4.78, 5) is 0.205. The van der Waals surface area contributed by atoms with E-state index in [-0.39, 0.29) is 22.2 Å². The van der Waals surface area contributed by atoms with Gasteiger partial charge in [0.15, 0.2) is 0 Å². The summed E-state index contributed by atoms with van der Waals surface area (Å²) in [6, 6.07) is 4.73. The molecule has 1 aromatic rings. The molecule has 0 N–H and O–H groups in total. The van der Waals surface area contributed by atoms with E-state index in [1.54, 1.807) is 12.1 Å². The van der Waals surface area contributed by atoms with Crippen LogP contribution < -0.4 is 0 Å². The van der Waals surface area contributed by atoms with Crippen LogP contribution in [0.1, 0.15) is 30.4 Å².